The van der Waals surface area contributed by atoms with Crippen molar-refractivity contribution in [3.05, 3.63) is 0 Å². The summed E-state index contributed by atoms with van der Waals surface area (Å²) in [6.45, 7) is 0.615. The highest BCUT2D eigenvalue weighted by Gasteiger charge is 2.09. The Hall–Kier alpha value is -0.530. The third-order valence-corrected chi connectivity index (χ3v) is 3.05. The van der Waals surface area contributed by atoms with E-state index >= 15 is 0 Å². The summed E-state index contributed by atoms with van der Waals surface area (Å²) in [6, 6.07) is 0. The summed E-state index contributed by atoms with van der Waals surface area (Å²) in [4.78, 5) is 10.3. The van der Waals surface area contributed by atoms with Crippen molar-refractivity contribution in [2.75, 3.05) is 0 Å². The molecule has 0 unspecified atom stereocenters. The van der Waals surface area contributed by atoms with E-state index in [9.17, 15) is 4.79 Å². The van der Waals surface area contributed by atoms with E-state index in [1.54, 1.807) is 0 Å². The number of hydrogen-bond acceptors (Lipinski definition) is 2. The molecule has 0 saturated heterocycles. The first-order chi connectivity index (χ1) is 6.93. The fourth-order valence-electron chi connectivity index (χ4n) is 2.16. The van der Waals surface area contributed by atoms with Gasteiger partial charge in [0.05, 0.1) is 0 Å². The Morgan fingerprint density at radius 1 is 0.786 bits per heavy atom. The van der Waals surface area contributed by atoms with Crippen LogP contribution in [0.3, 0.4) is 0 Å². The van der Waals surface area contributed by atoms with Crippen molar-refractivity contribution in [1.82, 2.24) is 0 Å². The zero-order valence-corrected chi connectivity index (χ0v) is 9.04. The summed E-state index contributed by atoms with van der Waals surface area (Å²) >= 11 is 0. The van der Waals surface area contributed by atoms with Gasteiger partial charge in [-0.05, 0) is 25.7 Å². The summed E-state index contributed by atoms with van der Waals surface area (Å²) in [6.07, 6.45) is 12.9. The van der Waals surface area contributed by atoms with Crippen LogP contribution in [-0.2, 0) is 9.53 Å². The summed E-state index contributed by atoms with van der Waals surface area (Å²) in [5, 5.41) is 0. The van der Waals surface area contributed by atoms with Crippen LogP contribution in [0.5, 0.6) is 0 Å². The molecule has 0 amide bonds. The van der Waals surface area contributed by atoms with E-state index in [1.165, 1.54) is 51.4 Å². The molecule has 0 aromatic heterocycles. The monoisotopic (exact) mass is 198 g/mol. The van der Waals surface area contributed by atoms with Crippen molar-refractivity contribution in [1.29, 1.82) is 0 Å². The number of carbonyl (C=O) groups excluding carboxylic acids is 1. The van der Waals surface area contributed by atoms with Crippen LogP contribution in [0.15, 0.2) is 0 Å². The van der Waals surface area contributed by atoms with Crippen molar-refractivity contribution in [3.63, 3.8) is 0 Å². The first kappa shape index (κ1) is 11.5. The molecule has 1 rings (SSSR count). The maximum absolute atomic E-state index is 10.3. The Bertz CT molecular complexity index is 133. The molecule has 0 N–H and O–H groups in total. The Morgan fingerprint density at radius 3 is 1.64 bits per heavy atom. The second-order valence-corrected chi connectivity index (χ2v) is 4.26. The highest BCUT2D eigenvalue weighted by molar-refractivity contribution is 5.37. The van der Waals surface area contributed by atoms with Crippen molar-refractivity contribution in [3.8, 4) is 0 Å². The average molecular weight is 198 g/mol. The van der Waals surface area contributed by atoms with Gasteiger partial charge in [0.2, 0.25) is 0 Å². The Balaban J connectivity index is 2.23. The van der Waals surface area contributed by atoms with Crippen LogP contribution >= 0.6 is 0 Å². The summed E-state index contributed by atoms with van der Waals surface area (Å²) < 4.78 is 5.07. The summed E-state index contributed by atoms with van der Waals surface area (Å²) in [5.41, 5.74) is 0. The fourth-order valence-corrected chi connectivity index (χ4v) is 2.16. The third kappa shape index (κ3) is 5.25. The molecule has 0 atom stereocenters. The van der Waals surface area contributed by atoms with Gasteiger partial charge in [0, 0.05) is 0 Å². The second kappa shape index (κ2) is 7.84. The van der Waals surface area contributed by atoms with Crippen LogP contribution in [0.4, 0.5) is 0 Å². The van der Waals surface area contributed by atoms with Crippen molar-refractivity contribution >= 4 is 6.47 Å². The predicted octanol–water partition coefficient (Wildman–Crippen LogP) is 3.44. The Kier molecular flexibility index (Phi) is 6.46. The number of rotatable bonds is 2. The van der Waals surface area contributed by atoms with E-state index in [-0.39, 0.29) is 6.10 Å². The van der Waals surface area contributed by atoms with E-state index in [0.717, 1.165) is 12.8 Å². The van der Waals surface area contributed by atoms with Gasteiger partial charge in [-0.2, -0.15) is 0 Å². The molecule has 14 heavy (non-hydrogen) atoms. The van der Waals surface area contributed by atoms with Gasteiger partial charge in [-0.15, -0.1) is 0 Å². The van der Waals surface area contributed by atoms with Crippen LogP contribution in [0.2, 0.25) is 0 Å². The molecule has 0 aliphatic heterocycles. The molecule has 0 spiro atoms. The Labute approximate surface area is 87.0 Å². The fraction of sp³-hybridized carbons (Fsp3) is 0.917. The van der Waals surface area contributed by atoms with Gasteiger partial charge in [-0.25, -0.2) is 0 Å². The average Bonchev–Trinajstić information content (AvgIpc) is 2.24. The molecule has 1 fully saturated rings. The van der Waals surface area contributed by atoms with Crippen LogP contribution in [0.1, 0.15) is 64.2 Å². The standard InChI is InChI=1S/C12H22O2/c13-11-14-12-9-7-5-3-1-2-4-6-8-10-12/h11-12H,1-10H2. The molecule has 1 aliphatic rings. The topological polar surface area (TPSA) is 26.3 Å². The highest BCUT2D eigenvalue weighted by Crippen LogP contribution is 2.18. The van der Waals surface area contributed by atoms with Crippen LogP contribution in [0.25, 0.3) is 0 Å². The van der Waals surface area contributed by atoms with E-state index in [2.05, 4.69) is 0 Å². The van der Waals surface area contributed by atoms with Crippen LogP contribution in [0, 0.1) is 0 Å². The Morgan fingerprint density at radius 2 is 1.21 bits per heavy atom. The van der Waals surface area contributed by atoms with Crippen molar-refractivity contribution in [2.45, 2.75) is 70.3 Å². The van der Waals surface area contributed by atoms with Gasteiger partial charge in [-0.3, -0.25) is 4.79 Å². The molecule has 1 aliphatic carbocycles. The quantitative estimate of drug-likeness (QED) is 0.635. The van der Waals surface area contributed by atoms with E-state index in [4.69, 9.17) is 4.74 Å². The minimum absolute atomic E-state index is 0.200. The number of ether oxygens (including phenoxy) is 1. The summed E-state index contributed by atoms with van der Waals surface area (Å²) in [7, 11) is 0. The SMILES string of the molecule is O=COC1CCCCCCCCCC1. The van der Waals surface area contributed by atoms with Gasteiger partial charge < -0.3 is 4.74 Å². The van der Waals surface area contributed by atoms with Gasteiger partial charge in [0.1, 0.15) is 6.10 Å². The first-order valence-corrected chi connectivity index (χ1v) is 6.02. The molecular formula is C12H22O2. The lowest BCUT2D eigenvalue weighted by molar-refractivity contribution is -0.134. The molecule has 1 saturated carbocycles. The lowest BCUT2D eigenvalue weighted by atomic mass is 10.1. The maximum Gasteiger partial charge on any atom is 0.293 e. The molecule has 0 bridgehead atoms. The third-order valence-electron chi connectivity index (χ3n) is 3.05. The normalized spacial score (nSPS) is 22.3. The van der Waals surface area contributed by atoms with Gasteiger partial charge in [0.15, 0.2) is 0 Å². The molecule has 2 heteroatoms. The smallest absolute Gasteiger partial charge is 0.293 e. The van der Waals surface area contributed by atoms with Gasteiger partial charge in [-0.1, -0.05) is 38.5 Å². The largest absolute Gasteiger partial charge is 0.465 e. The van der Waals surface area contributed by atoms with Crippen molar-refractivity contribution < 1.29 is 9.53 Å². The molecule has 0 aromatic carbocycles. The molecule has 82 valence electrons. The minimum Gasteiger partial charge on any atom is -0.465 e. The van der Waals surface area contributed by atoms with E-state index in [0.29, 0.717) is 6.47 Å². The maximum atomic E-state index is 10.3. The second-order valence-electron chi connectivity index (χ2n) is 4.26. The van der Waals surface area contributed by atoms with Gasteiger partial charge >= 0.3 is 0 Å². The van der Waals surface area contributed by atoms with Crippen LogP contribution < -0.4 is 0 Å². The molecule has 2 nitrogen and oxygen atoms in total. The zero-order chi connectivity index (χ0) is 10.1. The minimum atomic E-state index is 0.200. The lowest BCUT2D eigenvalue weighted by Crippen LogP contribution is -2.11. The zero-order valence-electron chi connectivity index (χ0n) is 9.04. The van der Waals surface area contributed by atoms with E-state index < -0.39 is 0 Å². The molecule has 0 radical (unpaired) electrons. The molecule has 0 heterocycles. The molecule has 0 aromatic rings. The highest BCUT2D eigenvalue weighted by atomic mass is 16.5. The number of hydrogen-bond donors (Lipinski definition) is 0. The lowest BCUT2D eigenvalue weighted by Gasteiger charge is -2.13. The van der Waals surface area contributed by atoms with E-state index in [1.807, 2.05) is 0 Å². The number of carbonyl (C=O) groups is 1. The van der Waals surface area contributed by atoms with Crippen LogP contribution in [-0.4, -0.2) is 12.6 Å². The van der Waals surface area contributed by atoms with Gasteiger partial charge in [0.25, 0.3) is 6.47 Å². The van der Waals surface area contributed by atoms with Crippen molar-refractivity contribution in [2.24, 2.45) is 0 Å². The first-order valence-electron chi connectivity index (χ1n) is 6.02. The predicted molar refractivity (Wildman–Crippen MR) is 57.1 cm³/mol. The molecular weight excluding hydrogens is 176 g/mol. The summed E-state index contributed by atoms with van der Waals surface area (Å²) in [5.74, 6) is 0.